The molecule has 0 unspecified atom stereocenters. The lowest BCUT2D eigenvalue weighted by atomic mass is 9.68. The van der Waals surface area contributed by atoms with Crippen molar-refractivity contribution in [2.45, 2.75) is 71.1 Å². The molecule has 0 heterocycles. The summed E-state index contributed by atoms with van der Waals surface area (Å²) in [4.78, 5) is 0. The van der Waals surface area contributed by atoms with Gasteiger partial charge in [0.1, 0.15) is 11.6 Å². The van der Waals surface area contributed by atoms with Crippen molar-refractivity contribution in [1.29, 1.82) is 0 Å². The minimum atomic E-state index is -0.428. The molecule has 0 nitrogen and oxygen atoms in total. The predicted octanol–water partition coefficient (Wildman–Crippen LogP) is 8.04. The Kier molecular flexibility index (Phi) is 5.85. The lowest BCUT2D eigenvalue weighted by Gasteiger charge is -2.37. The summed E-state index contributed by atoms with van der Waals surface area (Å²) in [7, 11) is 0. The van der Waals surface area contributed by atoms with Crippen molar-refractivity contribution < 1.29 is 8.78 Å². The molecule has 2 heteroatoms. The van der Waals surface area contributed by atoms with Crippen LogP contribution < -0.4 is 0 Å². The third-order valence-electron chi connectivity index (χ3n) is 7.38. The fourth-order valence-corrected chi connectivity index (χ4v) is 5.51. The topological polar surface area (TPSA) is 0 Å². The molecule has 0 radical (unpaired) electrons. The average Bonchev–Trinajstić information content (AvgIpc) is 2.70. The Morgan fingerprint density at radius 1 is 0.714 bits per heavy atom. The zero-order valence-electron chi connectivity index (χ0n) is 17.2. The van der Waals surface area contributed by atoms with Crippen LogP contribution in [0.25, 0.3) is 11.1 Å². The van der Waals surface area contributed by atoms with Gasteiger partial charge in [-0.2, -0.15) is 0 Å². The van der Waals surface area contributed by atoms with Crippen LogP contribution in [0.4, 0.5) is 8.78 Å². The summed E-state index contributed by atoms with van der Waals surface area (Å²) >= 11 is 0. The molecule has 0 bridgehead atoms. The van der Waals surface area contributed by atoms with E-state index in [1.807, 2.05) is 19.1 Å². The Labute approximate surface area is 168 Å². The first-order valence-corrected chi connectivity index (χ1v) is 11.1. The molecule has 4 rings (SSSR count). The van der Waals surface area contributed by atoms with E-state index in [1.165, 1.54) is 38.5 Å². The van der Waals surface area contributed by atoms with Gasteiger partial charge in [0.25, 0.3) is 0 Å². The third-order valence-corrected chi connectivity index (χ3v) is 7.38. The summed E-state index contributed by atoms with van der Waals surface area (Å²) in [6, 6.07) is 10.6. The number of benzene rings is 2. The highest BCUT2D eigenvalue weighted by Crippen LogP contribution is 2.44. The average molecular weight is 383 g/mol. The molecule has 0 aliphatic heterocycles. The van der Waals surface area contributed by atoms with Crippen molar-refractivity contribution in [3.05, 3.63) is 59.2 Å². The number of hydrogen-bond donors (Lipinski definition) is 0. The Bertz CT molecular complexity index is 769. The summed E-state index contributed by atoms with van der Waals surface area (Å²) in [6.45, 7) is 4.35. The Morgan fingerprint density at radius 3 is 1.75 bits per heavy atom. The van der Waals surface area contributed by atoms with E-state index in [-0.39, 0.29) is 5.56 Å². The van der Waals surface area contributed by atoms with Crippen molar-refractivity contribution in [3.8, 4) is 11.1 Å². The van der Waals surface area contributed by atoms with E-state index < -0.39 is 11.6 Å². The largest absolute Gasteiger partial charge is 0.206 e. The maximum Gasteiger partial charge on any atom is 0.134 e. The van der Waals surface area contributed by atoms with Gasteiger partial charge in [0.2, 0.25) is 0 Å². The third kappa shape index (κ3) is 4.16. The van der Waals surface area contributed by atoms with Crippen LogP contribution in [-0.4, -0.2) is 0 Å². The molecule has 28 heavy (non-hydrogen) atoms. The molecule has 2 aliphatic rings. The second-order valence-electron chi connectivity index (χ2n) is 9.36. The summed E-state index contributed by atoms with van der Waals surface area (Å²) in [5.74, 6) is 2.05. The van der Waals surface area contributed by atoms with Gasteiger partial charge in [-0.15, -0.1) is 0 Å². The molecule has 0 N–H and O–H groups in total. The van der Waals surface area contributed by atoms with Crippen LogP contribution in [0.1, 0.15) is 75.3 Å². The van der Waals surface area contributed by atoms with Gasteiger partial charge in [0.05, 0.1) is 5.56 Å². The van der Waals surface area contributed by atoms with Crippen LogP contribution in [0.15, 0.2) is 36.4 Å². The fourth-order valence-electron chi connectivity index (χ4n) is 5.51. The SMILES string of the molecule is Cc1ccc(-c2c(F)cc(C3CCC(C4CCC(C)CC4)CC3)cc2F)cc1. The molecule has 0 atom stereocenters. The summed E-state index contributed by atoms with van der Waals surface area (Å²) in [5.41, 5.74) is 2.66. The zero-order chi connectivity index (χ0) is 19.7. The number of hydrogen-bond acceptors (Lipinski definition) is 0. The molecule has 2 aliphatic carbocycles. The van der Waals surface area contributed by atoms with Gasteiger partial charge >= 0.3 is 0 Å². The highest BCUT2D eigenvalue weighted by Gasteiger charge is 2.31. The molecular formula is C26H32F2. The first-order valence-electron chi connectivity index (χ1n) is 11.1. The van der Waals surface area contributed by atoms with E-state index in [0.29, 0.717) is 11.5 Å². The van der Waals surface area contributed by atoms with Crippen LogP contribution >= 0.6 is 0 Å². The minimum absolute atomic E-state index is 0.105. The Balaban J connectivity index is 1.45. The standard InChI is InChI=1S/C26H32F2/c1-17-3-7-19(8-4-17)20-11-13-21(14-12-20)23-15-24(27)26(25(28)16-23)22-9-5-18(2)6-10-22/h5-6,9-10,15-17,19-21H,3-4,7-8,11-14H2,1-2H3. The van der Waals surface area contributed by atoms with Crippen molar-refractivity contribution in [3.63, 3.8) is 0 Å². The highest BCUT2D eigenvalue weighted by atomic mass is 19.1. The van der Waals surface area contributed by atoms with Gasteiger partial charge in [-0.25, -0.2) is 8.78 Å². The van der Waals surface area contributed by atoms with Gasteiger partial charge in [0, 0.05) is 0 Å². The number of rotatable bonds is 3. The molecule has 150 valence electrons. The fraction of sp³-hybridized carbons (Fsp3) is 0.538. The van der Waals surface area contributed by atoms with E-state index in [1.54, 1.807) is 24.3 Å². The zero-order valence-corrected chi connectivity index (χ0v) is 17.2. The van der Waals surface area contributed by atoms with Crippen molar-refractivity contribution >= 4 is 0 Å². The number of aryl methyl sites for hydroxylation is 1. The maximum atomic E-state index is 14.8. The molecule has 2 fully saturated rings. The van der Waals surface area contributed by atoms with E-state index in [4.69, 9.17) is 0 Å². The smallest absolute Gasteiger partial charge is 0.134 e. The van der Waals surface area contributed by atoms with Gasteiger partial charge in [-0.3, -0.25) is 0 Å². The van der Waals surface area contributed by atoms with E-state index in [2.05, 4.69) is 6.92 Å². The Morgan fingerprint density at radius 2 is 1.21 bits per heavy atom. The second kappa shape index (κ2) is 8.35. The van der Waals surface area contributed by atoms with Crippen LogP contribution in [0.2, 0.25) is 0 Å². The molecule has 0 saturated heterocycles. The molecule has 0 aromatic heterocycles. The van der Waals surface area contributed by atoms with E-state index in [9.17, 15) is 8.78 Å². The molecule has 2 aromatic carbocycles. The number of halogens is 2. The van der Waals surface area contributed by atoms with Crippen molar-refractivity contribution in [2.75, 3.05) is 0 Å². The lowest BCUT2D eigenvalue weighted by molar-refractivity contribution is 0.165. The molecular weight excluding hydrogens is 350 g/mol. The molecule has 2 saturated carbocycles. The molecule has 2 aromatic rings. The quantitative estimate of drug-likeness (QED) is 0.504. The lowest BCUT2D eigenvalue weighted by Crippen LogP contribution is -2.24. The van der Waals surface area contributed by atoms with E-state index in [0.717, 1.165) is 41.7 Å². The maximum absolute atomic E-state index is 14.8. The molecule has 0 spiro atoms. The monoisotopic (exact) mass is 382 g/mol. The summed E-state index contributed by atoms with van der Waals surface area (Å²) < 4.78 is 29.6. The van der Waals surface area contributed by atoms with Crippen LogP contribution in [0.3, 0.4) is 0 Å². The summed E-state index contributed by atoms with van der Waals surface area (Å²) in [5, 5.41) is 0. The highest BCUT2D eigenvalue weighted by molar-refractivity contribution is 5.65. The van der Waals surface area contributed by atoms with Gasteiger partial charge < -0.3 is 0 Å². The summed E-state index contributed by atoms with van der Waals surface area (Å²) in [6.07, 6.45) is 10.1. The van der Waals surface area contributed by atoms with Crippen LogP contribution in [0.5, 0.6) is 0 Å². The van der Waals surface area contributed by atoms with Gasteiger partial charge in [0.15, 0.2) is 0 Å². The Hall–Kier alpha value is -1.70. The van der Waals surface area contributed by atoms with Gasteiger partial charge in [-0.05, 0) is 92.4 Å². The minimum Gasteiger partial charge on any atom is -0.206 e. The first-order chi connectivity index (χ1) is 13.5. The van der Waals surface area contributed by atoms with Crippen LogP contribution in [0, 0.1) is 36.3 Å². The van der Waals surface area contributed by atoms with Crippen molar-refractivity contribution in [2.24, 2.45) is 17.8 Å². The van der Waals surface area contributed by atoms with Crippen LogP contribution in [-0.2, 0) is 0 Å². The van der Waals surface area contributed by atoms with Gasteiger partial charge in [-0.1, -0.05) is 49.6 Å². The second-order valence-corrected chi connectivity index (χ2v) is 9.36. The van der Waals surface area contributed by atoms with Crippen molar-refractivity contribution in [1.82, 2.24) is 0 Å². The normalized spacial score (nSPS) is 28.3. The molecule has 0 amide bonds. The first kappa shape index (κ1) is 19.6. The predicted molar refractivity (Wildman–Crippen MR) is 112 cm³/mol. The van der Waals surface area contributed by atoms with E-state index >= 15 is 0 Å².